The van der Waals surface area contributed by atoms with Gasteiger partial charge in [-0.3, -0.25) is 9.59 Å². The number of nitrogens with one attached hydrogen (secondary N) is 2. The van der Waals surface area contributed by atoms with E-state index in [9.17, 15) is 9.59 Å². The fourth-order valence-electron chi connectivity index (χ4n) is 2.11. The van der Waals surface area contributed by atoms with E-state index < -0.39 is 0 Å². The van der Waals surface area contributed by atoms with E-state index in [0.717, 1.165) is 0 Å². The van der Waals surface area contributed by atoms with Gasteiger partial charge in [0.25, 0.3) is 11.8 Å². The van der Waals surface area contributed by atoms with Gasteiger partial charge in [0.1, 0.15) is 5.82 Å². The van der Waals surface area contributed by atoms with Crippen LogP contribution in [0, 0.1) is 0 Å². The molecule has 2 N–H and O–H groups in total. The molecule has 1 heterocycles. The van der Waals surface area contributed by atoms with Crippen LogP contribution >= 0.6 is 11.6 Å². The van der Waals surface area contributed by atoms with Crippen LogP contribution in [0.4, 0.5) is 11.5 Å². The number of carbonyl (C=O) groups excluding carboxylic acids is 2. The highest BCUT2D eigenvalue weighted by Crippen LogP contribution is 2.24. The third kappa shape index (κ3) is 4.93. The van der Waals surface area contributed by atoms with Crippen molar-refractivity contribution in [1.82, 2.24) is 10.3 Å². The largest absolute Gasteiger partial charge is 0.363 e. The second kappa shape index (κ2) is 7.98. The minimum atomic E-state index is -0.325. The molecule has 7 heteroatoms. The van der Waals surface area contributed by atoms with Crippen molar-refractivity contribution >= 4 is 34.9 Å². The molecule has 0 unspecified atom stereocenters. The normalized spacial score (nSPS) is 10.5. The summed E-state index contributed by atoms with van der Waals surface area (Å²) in [5.41, 5.74) is 1.26. The summed E-state index contributed by atoms with van der Waals surface area (Å²) in [6.07, 6.45) is 1.57. The van der Waals surface area contributed by atoms with Gasteiger partial charge in [0.2, 0.25) is 0 Å². The first-order valence-electron chi connectivity index (χ1n) is 7.83. The molecule has 0 bridgehead atoms. The van der Waals surface area contributed by atoms with Gasteiger partial charge in [-0.15, -0.1) is 0 Å². The molecule has 0 radical (unpaired) electrons. The highest BCUT2D eigenvalue weighted by Gasteiger charge is 2.13. The van der Waals surface area contributed by atoms with Crippen molar-refractivity contribution < 1.29 is 9.59 Å². The zero-order valence-electron chi connectivity index (χ0n) is 14.6. The third-order valence-corrected chi connectivity index (χ3v) is 3.69. The lowest BCUT2D eigenvalue weighted by Crippen LogP contribution is -2.30. The Hall–Kier alpha value is -2.60. The lowest BCUT2D eigenvalue weighted by atomic mass is 10.1. The molecule has 25 heavy (non-hydrogen) atoms. The Morgan fingerprint density at radius 3 is 2.40 bits per heavy atom. The maximum atomic E-state index is 12.5. The number of hydrogen-bond acceptors (Lipinski definition) is 4. The summed E-state index contributed by atoms with van der Waals surface area (Å²) in [5.74, 6) is 0.124. The highest BCUT2D eigenvalue weighted by atomic mass is 35.5. The Labute approximate surface area is 152 Å². The van der Waals surface area contributed by atoms with Crippen molar-refractivity contribution in [2.75, 3.05) is 24.3 Å². The van der Waals surface area contributed by atoms with Crippen LogP contribution in [-0.4, -0.2) is 36.9 Å². The Kier molecular flexibility index (Phi) is 5.98. The molecule has 0 spiro atoms. The molecule has 0 aliphatic carbocycles. The zero-order valence-corrected chi connectivity index (χ0v) is 15.4. The summed E-state index contributed by atoms with van der Waals surface area (Å²) in [6, 6.07) is 8.08. The molecule has 0 aliphatic heterocycles. The van der Waals surface area contributed by atoms with E-state index in [1.54, 1.807) is 41.4 Å². The zero-order chi connectivity index (χ0) is 18.6. The van der Waals surface area contributed by atoms with E-state index in [1.807, 2.05) is 27.9 Å². The SMILES string of the molecule is CC(C)NC(=O)c1ccc(Cl)c(NC(=O)c2ccnc(N(C)C)c2)c1. The van der Waals surface area contributed by atoms with Gasteiger partial charge in [0, 0.05) is 37.5 Å². The highest BCUT2D eigenvalue weighted by molar-refractivity contribution is 6.34. The van der Waals surface area contributed by atoms with Gasteiger partial charge in [-0.25, -0.2) is 4.98 Å². The van der Waals surface area contributed by atoms with Crippen molar-refractivity contribution in [2.45, 2.75) is 19.9 Å². The third-order valence-electron chi connectivity index (χ3n) is 3.36. The number of hydrogen-bond donors (Lipinski definition) is 2. The first kappa shape index (κ1) is 18.7. The van der Waals surface area contributed by atoms with Crippen LogP contribution in [0.25, 0.3) is 0 Å². The van der Waals surface area contributed by atoms with Gasteiger partial charge in [-0.1, -0.05) is 11.6 Å². The molecule has 132 valence electrons. The second-order valence-corrected chi connectivity index (χ2v) is 6.48. The number of carbonyl (C=O) groups is 2. The molecular formula is C18H21ClN4O2. The number of anilines is 2. The summed E-state index contributed by atoms with van der Waals surface area (Å²) in [6.45, 7) is 3.75. The lowest BCUT2D eigenvalue weighted by molar-refractivity contribution is 0.0942. The number of halogens is 1. The van der Waals surface area contributed by atoms with Gasteiger partial charge >= 0.3 is 0 Å². The molecule has 0 atom stereocenters. The number of aromatic nitrogens is 1. The van der Waals surface area contributed by atoms with Crippen molar-refractivity contribution in [3.63, 3.8) is 0 Å². The van der Waals surface area contributed by atoms with Crippen LogP contribution in [-0.2, 0) is 0 Å². The number of amides is 2. The molecule has 0 saturated carbocycles. The van der Waals surface area contributed by atoms with Gasteiger partial charge in [-0.2, -0.15) is 0 Å². The maximum Gasteiger partial charge on any atom is 0.255 e. The molecular weight excluding hydrogens is 340 g/mol. The maximum absolute atomic E-state index is 12.5. The minimum absolute atomic E-state index is 0.0162. The topological polar surface area (TPSA) is 74.3 Å². The van der Waals surface area contributed by atoms with Crippen LogP contribution in [0.15, 0.2) is 36.5 Å². The van der Waals surface area contributed by atoms with E-state index in [1.165, 1.54) is 0 Å². The van der Waals surface area contributed by atoms with Gasteiger partial charge in [0.05, 0.1) is 10.7 Å². The van der Waals surface area contributed by atoms with Crippen LogP contribution < -0.4 is 15.5 Å². The van der Waals surface area contributed by atoms with E-state index in [-0.39, 0.29) is 17.9 Å². The Morgan fingerprint density at radius 1 is 1.08 bits per heavy atom. The van der Waals surface area contributed by atoms with Gasteiger partial charge in [0.15, 0.2) is 0 Å². The van der Waals surface area contributed by atoms with Crippen LogP contribution in [0.1, 0.15) is 34.6 Å². The number of benzene rings is 1. The fourth-order valence-corrected chi connectivity index (χ4v) is 2.27. The second-order valence-electron chi connectivity index (χ2n) is 6.07. The predicted octanol–water partition coefficient (Wildman–Crippen LogP) is 3.19. The lowest BCUT2D eigenvalue weighted by Gasteiger charge is -2.13. The Balaban J connectivity index is 2.23. The minimum Gasteiger partial charge on any atom is -0.363 e. The average molecular weight is 361 g/mol. The molecule has 2 amide bonds. The molecule has 1 aromatic carbocycles. The smallest absolute Gasteiger partial charge is 0.255 e. The van der Waals surface area contributed by atoms with Crippen molar-refractivity contribution in [3.8, 4) is 0 Å². The number of rotatable bonds is 5. The predicted molar refractivity (Wildman–Crippen MR) is 101 cm³/mol. The van der Waals surface area contributed by atoms with Crippen molar-refractivity contribution in [1.29, 1.82) is 0 Å². The van der Waals surface area contributed by atoms with Crippen LogP contribution in [0.2, 0.25) is 5.02 Å². The van der Waals surface area contributed by atoms with E-state index in [0.29, 0.717) is 27.7 Å². The molecule has 0 saturated heterocycles. The monoisotopic (exact) mass is 360 g/mol. The van der Waals surface area contributed by atoms with E-state index in [4.69, 9.17) is 11.6 Å². The number of nitrogens with zero attached hydrogens (tertiary/aromatic N) is 2. The number of pyridine rings is 1. The molecule has 1 aromatic heterocycles. The van der Waals surface area contributed by atoms with Crippen LogP contribution in [0.5, 0.6) is 0 Å². The molecule has 0 fully saturated rings. The molecule has 2 rings (SSSR count). The molecule has 2 aromatic rings. The first-order valence-corrected chi connectivity index (χ1v) is 8.21. The summed E-state index contributed by atoms with van der Waals surface area (Å²) < 4.78 is 0. The molecule has 6 nitrogen and oxygen atoms in total. The van der Waals surface area contributed by atoms with Crippen molar-refractivity contribution in [2.24, 2.45) is 0 Å². The Morgan fingerprint density at radius 2 is 1.76 bits per heavy atom. The summed E-state index contributed by atoms with van der Waals surface area (Å²) in [7, 11) is 3.69. The fraction of sp³-hybridized carbons (Fsp3) is 0.278. The van der Waals surface area contributed by atoms with Crippen LogP contribution in [0.3, 0.4) is 0 Å². The van der Waals surface area contributed by atoms with Gasteiger partial charge in [-0.05, 0) is 44.2 Å². The summed E-state index contributed by atoms with van der Waals surface area (Å²) in [5, 5.41) is 5.90. The quantitative estimate of drug-likeness (QED) is 0.858. The van der Waals surface area contributed by atoms with E-state index in [2.05, 4.69) is 15.6 Å². The standard InChI is InChI=1S/C18H21ClN4O2/c1-11(2)21-17(24)12-5-6-14(19)15(9-12)22-18(25)13-7-8-20-16(10-13)23(3)4/h5-11H,1-4H3,(H,21,24)(H,22,25). The van der Waals surface area contributed by atoms with E-state index >= 15 is 0 Å². The Bertz CT molecular complexity index is 790. The van der Waals surface area contributed by atoms with Gasteiger partial charge < -0.3 is 15.5 Å². The summed E-state index contributed by atoms with van der Waals surface area (Å²) in [4.78, 5) is 30.6. The summed E-state index contributed by atoms with van der Waals surface area (Å²) >= 11 is 6.15. The average Bonchev–Trinajstić information content (AvgIpc) is 2.56. The first-order chi connectivity index (χ1) is 11.8. The van der Waals surface area contributed by atoms with Crippen molar-refractivity contribution in [3.05, 3.63) is 52.7 Å². The molecule has 0 aliphatic rings.